The van der Waals surface area contributed by atoms with E-state index in [1.54, 1.807) is 19.1 Å². The minimum atomic E-state index is -1.15. The molecule has 0 amide bonds. The number of benzene rings is 2. The van der Waals surface area contributed by atoms with Gasteiger partial charge in [-0.25, -0.2) is 4.79 Å². The normalized spacial score (nSPS) is 10.8. The number of rotatable bonds is 11. The zero-order chi connectivity index (χ0) is 21.4. The van der Waals surface area contributed by atoms with Crippen LogP contribution in [0.15, 0.2) is 24.3 Å². The van der Waals surface area contributed by atoms with E-state index >= 15 is 0 Å². The van der Waals surface area contributed by atoms with Crippen molar-refractivity contribution in [2.24, 2.45) is 0 Å². The Labute approximate surface area is 171 Å². The number of hydrogen-bond acceptors (Lipinski definition) is 5. The van der Waals surface area contributed by atoms with E-state index in [9.17, 15) is 20.1 Å². The topological polar surface area (TPSA) is 107 Å². The van der Waals surface area contributed by atoms with Crippen molar-refractivity contribution in [2.45, 2.75) is 58.8 Å². The molecular formula is C23H30O6. The number of carboxylic acid groups (broad SMARTS) is 1. The van der Waals surface area contributed by atoms with E-state index < -0.39 is 5.97 Å². The van der Waals surface area contributed by atoms with Crippen LogP contribution in [0, 0.1) is 6.92 Å². The van der Waals surface area contributed by atoms with Gasteiger partial charge < -0.3 is 25.2 Å². The van der Waals surface area contributed by atoms with Gasteiger partial charge in [-0.05, 0) is 55.9 Å². The Morgan fingerprint density at radius 3 is 2.31 bits per heavy atom. The van der Waals surface area contributed by atoms with Gasteiger partial charge in [0.2, 0.25) is 0 Å². The Hall–Kier alpha value is -2.89. The molecule has 0 fully saturated rings. The summed E-state index contributed by atoms with van der Waals surface area (Å²) in [4.78, 5) is 11.2. The number of ether oxygens (including phenoxy) is 1. The molecule has 0 unspecified atom stereocenters. The Morgan fingerprint density at radius 1 is 0.897 bits per heavy atom. The maximum Gasteiger partial charge on any atom is 0.339 e. The number of carboxylic acids is 1. The molecule has 2 rings (SSSR count). The predicted octanol–water partition coefficient (Wildman–Crippen LogP) is 4.94. The van der Waals surface area contributed by atoms with Crippen LogP contribution in [-0.2, 0) is 12.8 Å². The summed E-state index contributed by atoms with van der Waals surface area (Å²) in [7, 11) is 0. The Bertz CT molecular complexity index is 844. The summed E-state index contributed by atoms with van der Waals surface area (Å²) in [5.41, 5.74) is 1.85. The van der Waals surface area contributed by atoms with Crippen molar-refractivity contribution in [2.75, 3.05) is 6.61 Å². The first-order valence-electron chi connectivity index (χ1n) is 10.1. The largest absolute Gasteiger partial charge is 0.507 e. The van der Waals surface area contributed by atoms with E-state index in [0.717, 1.165) is 37.7 Å². The Kier molecular flexibility index (Phi) is 8.19. The fourth-order valence-electron chi connectivity index (χ4n) is 3.29. The monoisotopic (exact) mass is 402 g/mol. The molecular weight excluding hydrogens is 372 g/mol. The first kappa shape index (κ1) is 22.4. The highest BCUT2D eigenvalue weighted by atomic mass is 16.5. The van der Waals surface area contributed by atoms with Crippen LogP contribution in [-0.4, -0.2) is 33.0 Å². The van der Waals surface area contributed by atoms with Gasteiger partial charge in [-0.15, -0.1) is 0 Å². The summed E-state index contributed by atoms with van der Waals surface area (Å²) in [6.07, 6.45) is 5.65. The van der Waals surface area contributed by atoms with Gasteiger partial charge >= 0.3 is 5.97 Å². The lowest BCUT2D eigenvalue weighted by Gasteiger charge is -2.14. The van der Waals surface area contributed by atoms with Crippen LogP contribution in [0.5, 0.6) is 23.0 Å². The number of phenols is 3. The van der Waals surface area contributed by atoms with E-state index in [0.29, 0.717) is 36.3 Å². The number of aromatic carboxylic acids is 1. The third-order valence-corrected chi connectivity index (χ3v) is 5.00. The molecule has 0 aliphatic heterocycles. The summed E-state index contributed by atoms with van der Waals surface area (Å²) in [5.74, 6) is -0.899. The molecule has 158 valence electrons. The molecule has 0 aliphatic carbocycles. The number of aryl methyl sites for hydroxylation is 2. The Balaban J connectivity index is 1.79. The van der Waals surface area contributed by atoms with E-state index in [-0.39, 0.29) is 22.8 Å². The summed E-state index contributed by atoms with van der Waals surface area (Å²) in [6, 6.07) is 6.63. The lowest BCUT2D eigenvalue weighted by molar-refractivity contribution is 0.0693. The van der Waals surface area contributed by atoms with Crippen LogP contribution >= 0.6 is 0 Å². The molecule has 0 radical (unpaired) electrons. The quantitative estimate of drug-likeness (QED) is 0.313. The summed E-state index contributed by atoms with van der Waals surface area (Å²) < 4.78 is 5.79. The van der Waals surface area contributed by atoms with Crippen LogP contribution in [0.4, 0.5) is 0 Å². The van der Waals surface area contributed by atoms with E-state index in [1.807, 2.05) is 13.0 Å². The van der Waals surface area contributed by atoms with Gasteiger partial charge in [-0.1, -0.05) is 38.3 Å². The smallest absolute Gasteiger partial charge is 0.339 e. The lowest BCUT2D eigenvalue weighted by atomic mass is 10.0. The van der Waals surface area contributed by atoms with Gasteiger partial charge in [0, 0.05) is 5.56 Å². The number of carbonyl (C=O) groups is 1. The van der Waals surface area contributed by atoms with E-state index in [2.05, 4.69) is 0 Å². The molecule has 29 heavy (non-hydrogen) atoms. The van der Waals surface area contributed by atoms with Crippen LogP contribution in [0.25, 0.3) is 0 Å². The molecule has 2 aromatic rings. The van der Waals surface area contributed by atoms with Crippen LogP contribution in [0.1, 0.15) is 66.1 Å². The van der Waals surface area contributed by atoms with E-state index in [1.165, 1.54) is 6.07 Å². The fourth-order valence-corrected chi connectivity index (χ4v) is 3.29. The van der Waals surface area contributed by atoms with Gasteiger partial charge in [0.15, 0.2) is 11.5 Å². The molecule has 2 aromatic carbocycles. The number of phenolic OH excluding ortho intramolecular Hbond substituents is 2. The minimum absolute atomic E-state index is 0.0265. The van der Waals surface area contributed by atoms with Crippen LogP contribution in [0.2, 0.25) is 0 Å². The maximum atomic E-state index is 11.2. The minimum Gasteiger partial charge on any atom is -0.507 e. The van der Waals surface area contributed by atoms with Gasteiger partial charge in [0.05, 0.1) is 6.61 Å². The number of aromatic hydroxyl groups is 3. The Morgan fingerprint density at radius 2 is 1.62 bits per heavy atom. The standard InChI is InChI=1S/C23H30O6/c1-3-8-17-19(13-12-18(22(17)26)23(27)28)29-14-7-5-4-6-9-16-11-10-15(2)20(24)21(16)25/h10-13,24-26H,3-9,14H2,1-2H3,(H,27,28). The second kappa shape index (κ2) is 10.6. The molecule has 4 N–H and O–H groups in total. The molecule has 6 nitrogen and oxygen atoms in total. The average Bonchev–Trinajstić information content (AvgIpc) is 2.69. The molecule has 0 atom stereocenters. The van der Waals surface area contributed by atoms with Gasteiger partial charge in [-0.3, -0.25) is 0 Å². The molecule has 0 heterocycles. The summed E-state index contributed by atoms with van der Waals surface area (Å²) >= 11 is 0. The molecule has 0 saturated carbocycles. The first-order valence-corrected chi connectivity index (χ1v) is 10.1. The third-order valence-electron chi connectivity index (χ3n) is 5.00. The molecule has 0 spiro atoms. The highest BCUT2D eigenvalue weighted by Crippen LogP contribution is 2.34. The second-order valence-electron chi connectivity index (χ2n) is 7.25. The van der Waals surface area contributed by atoms with Crippen molar-refractivity contribution in [3.05, 3.63) is 46.5 Å². The number of unbranched alkanes of at least 4 members (excludes halogenated alkanes) is 3. The summed E-state index contributed by atoms with van der Waals surface area (Å²) in [5, 5.41) is 39.1. The van der Waals surface area contributed by atoms with Gasteiger partial charge in [0.25, 0.3) is 0 Å². The second-order valence-corrected chi connectivity index (χ2v) is 7.25. The zero-order valence-electron chi connectivity index (χ0n) is 17.1. The number of hydrogen-bond donors (Lipinski definition) is 4. The molecule has 0 aliphatic rings. The van der Waals surface area contributed by atoms with Crippen molar-refractivity contribution in [1.82, 2.24) is 0 Å². The predicted molar refractivity (Wildman–Crippen MR) is 111 cm³/mol. The zero-order valence-corrected chi connectivity index (χ0v) is 17.1. The highest BCUT2D eigenvalue weighted by Gasteiger charge is 2.17. The van der Waals surface area contributed by atoms with Gasteiger partial charge in [0.1, 0.15) is 17.1 Å². The average molecular weight is 402 g/mol. The van der Waals surface area contributed by atoms with Crippen molar-refractivity contribution >= 4 is 5.97 Å². The van der Waals surface area contributed by atoms with Crippen LogP contribution < -0.4 is 4.74 Å². The van der Waals surface area contributed by atoms with Crippen molar-refractivity contribution in [1.29, 1.82) is 0 Å². The van der Waals surface area contributed by atoms with E-state index in [4.69, 9.17) is 9.84 Å². The van der Waals surface area contributed by atoms with Gasteiger partial charge in [-0.2, -0.15) is 0 Å². The third kappa shape index (κ3) is 5.79. The SMILES string of the molecule is CCCc1c(OCCCCCCc2ccc(C)c(O)c2O)ccc(C(=O)O)c1O. The van der Waals surface area contributed by atoms with Crippen molar-refractivity contribution in [3.8, 4) is 23.0 Å². The molecule has 0 bridgehead atoms. The molecule has 6 heteroatoms. The molecule has 0 aromatic heterocycles. The van der Waals surface area contributed by atoms with Crippen molar-refractivity contribution in [3.63, 3.8) is 0 Å². The summed E-state index contributed by atoms with van der Waals surface area (Å²) in [6.45, 7) is 4.20. The van der Waals surface area contributed by atoms with Crippen molar-refractivity contribution < 1.29 is 30.0 Å². The lowest BCUT2D eigenvalue weighted by Crippen LogP contribution is -2.04. The highest BCUT2D eigenvalue weighted by molar-refractivity contribution is 5.91. The van der Waals surface area contributed by atoms with Crippen LogP contribution in [0.3, 0.4) is 0 Å². The first-order chi connectivity index (χ1) is 13.9. The molecule has 0 saturated heterocycles. The fraction of sp³-hybridized carbons (Fsp3) is 0.435. The maximum absolute atomic E-state index is 11.2.